The molecule has 1 rings (SSSR count). The average Bonchev–Trinajstić information content (AvgIpc) is 2.50. The smallest absolute Gasteiger partial charge is 0.356 e. The van der Waals surface area contributed by atoms with Gasteiger partial charge in [-0.15, -0.1) is 24.8 Å². The molecular weight excluding hydrogens is 217 g/mol. The Labute approximate surface area is 87.9 Å². The van der Waals surface area contributed by atoms with Crippen molar-refractivity contribution in [1.82, 2.24) is 9.97 Å². The number of carbonyl (C=O) groups excluding carboxylic acids is 1. The third-order valence-corrected chi connectivity index (χ3v) is 1.23. The number of esters is 1. The fourth-order valence-electron chi connectivity index (χ4n) is 0.680. The zero-order chi connectivity index (χ0) is 8.27. The largest absolute Gasteiger partial charge is 0.464 e. The third kappa shape index (κ3) is 3.63. The monoisotopic (exact) mass is 227 g/mol. The van der Waals surface area contributed by atoms with Crippen LogP contribution in [0.4, 0.5) is 0 Å². The molecule has 76 valence electrons. The molecule has 0 aliphatic carbocycles. The molecule has 0 fully saturated rings. The van der Waals surface area contributed by atoms with Gasteiger partial charge in [-0.3, -0.25) is 0 Å². The number of imidazole rings is 1. The molecule has 0 aliphatic heterocycles. The highest BCUT2D eigenvalue weighted by atomic mass is 35.5. The number of methoxy groups -OCH3 is 1. The molecule has 0 bridgehead atoms. The Morgan fingerprint density at radius 2 is 2.31 bits per heavy atom. The average molecular weight is 228 g/mol. The fourth-order valence-corrected chi connectivity index (χ4v) is 0.680. The van der Waals surface area contributed by atoms with Crippen LogP contribution in [-0.2, 0) is 11.3 Å². The minimum Gasteiger partial charge on any atom is -0.464 e. The van der Waals surface area contributed by atoms with Gasteiger partial charge in [-0.1, -0.05) is 0 Å². The van der Waals surface area contributed by atoms with Crippen LogP contribution in [0.3, 0.4) is 0 Å². The molecule has 7 heteroatoms. The number of carbonyl (C=O) groups is 1. The van der Waals surface area contributed by atoms with Crippen LogP contribution in [0.15, 0.2) is 6.20 Å². The fraction of sp³-hybridized carbons (Fsp3) is 0.333. The summed E-state index contributed by atoms with van der Waals surface area (Å²) in [6, 6.07) is 0. The molecule has 0 amide bonds. The quantitative estimate of drug-likeness (QED) is 0.722. The summed E-state index contributed by atoms with van der Waals surface area (Å²) in [7, 11) is 1.31. The van der Waals surface area contributed by atoms with Crippen molar-refractivity contribution in [2.45, 2.75) is 6.54 Å². The van der Waals surface area contributed by atoms with Gasteiger partial charge < -0.3 is 15.5 Å². The standard InChI is InChI=1S/C6H9N3O2.2ClH/c1-11-6(10)4-3-8-5(2-7)9-4;;/h3H,2,7H2,1H3,(H,8,9);2*1H. The van der Waals surface area contributed by atoms with E-state index >= 15 is 0 Å². The number of H-pyrrole nitrogens is 1. The van der Waals surface area contributed by atoms with Crippen LogP contribution in [0.5, 0.6) is 0 Å². The summed E-state index contributed by atoms with van der Waals surface area (Å²) in [5, 5.41) is 0. The van der Waals surface area contributed by atoms with E-state index in [1.165, 1.54) is 13.3 Å². The number of halogens is 2. The predicted octanol–water partition coefficient (Wildman–Crippen LogP) is 0.499. The lowest BCUT2D eigenvalue weighted by molar-refractivity contribution is 0.0594. The van der Waals surface area contributed by atoms with Crippen molar-refractivity contribution < 1.29 is 9.53 Å². The zero-order valence-electron chi connectivity index (χ0n) is 6.94. The predicted molar refractivity (Wildman–Crippen MR) is 52.3 cm³/mol. The van der Waals surface area contributed by atoms with Crippen LogP contribution in [0.1, 0.15) is 16.3 Å². The van der Waals surface area contributed by atoms with Gasteiger partial charge in [-0.05, 0) is 0 Å². The van der Waals surface area contributed by atoms with Crippen LogP contribution in [0, 0.1) is 0 Å². The highest BCUT2D eigenvalue weighted by Gasteiger charge is 2.07. The minimum atomic E-state index is -0.433. The van der Waals surface area contributed by atoms with Crippen LogP contribution in [-0.4, -0.2) is 23.0 Å². The summed E-state index contributed by atoms with van der Waals surface area (Å²) in [5.74, 6) is 0.141. The number of hydrogen-bond donors (Lipinski definition) is 2. The molecule has 0 aromatic carbocycles. The Morgan fingerprint density at radius 3 is 2.69 bits per heavy atom. The Kier molecular flexibility index (Phi) is 7.60. The van der Waals surface area contributed by atoms with Gasteiger partial charge in [-0.2, -0.15) is 0 Å². The van der Waals surface area contributed by atoms with E-state index in [1.807, 2.05) is 0 Å². The maximum atomic E-state index is 10.8. The molecule has 0 saturated carbocycles. The van der Waals surface area contributed by atoms with Crippen LogP contribution < -0.4 is 5.73 Å². The van der Waals surface area contributed by atoms with Crippen molar-refractivity contribution in [3.63, 3.8) is 0 Å². The first-order valence-electron chi connectivity index (χ1n) is 3.10. The first kappa shape index (κ1) is 14.7. The highest BCUT2D eigenvalue weighted by Crippen LogP contribution is 1.97. The van der Waals surface area contributed by atoms with Crippen molar-refractivity contribution in [2.24, 2.45) is 5.73 Å². The molecule has 0 radical (unpaired) electrons. The lowest BCUT2D eigenvalue weighted by Gasteiger charge is -1.91. The van der Waals surface area contributed by atoms with Gasteiger partial charge in [0, 0.05) is 0 Å². The molecule has 0 saturated heterocycles. The molecule has 3 N–H and O–H groups in total. The first-order chi connectivity index (χ1) is 5.27. The number of nitrogens with zero attached hydrogens (tertiary/aromatic N) is 1. The zero-order valence-corrected chi connectivity index (χ0v) is 8.58. The van der Waals surface area contributed by atoms with Crippen molar-refractivity contribution in [3.05, 3.63) is 17.7 Å². The number of rotatable bonds is 2. The summed E-state index contributed by atoms with van der Waals surface area (Å²) in [6.45, 7) is 0.289. The Balaban J connectivity index is 0. The normalized spacial score (nSPS) is 8.15. The summed E-state index contributed by atoms with van der Waals surface area (Å²) in [4.78, 5) is 17.3. The van der Waals surface area contributed by atoms with Gasteiger partial charge in [-0.25, -0.2) is 9.78 Å². The van der Waals surface area contributed by atoms with Crippen LogP contribution >= 0.6 is 24.8 Å². The van der Waals surface area contributed by atoms with Crippen LogP contribution in [0.25, 0.3) is 0 Å². The van der Waals surface area contributed by atoms with E-state index < -0.39 is 5.97 Å². The minimum absolute atomic E-state index is 0. The molecule has 13 heavy (non-hydrogen) atoms. The number of hydrogen-bond acceptors (Lipinski definition) is 4. The maximum Gasteiger partial charge on any atom is 0.356 e. The number of nitrogens with two attached hydrogens (primary N) is 1. The molecule has 0 atom stereocenters. The Bertz CT molecular complexity index is 264. The van der Waals surface area contributed by atoms with E-state index in [1.54, 1.807) is 0 Å². The number of aromatic nitrogens is 2. The molecule has 0 aliphatic rings. The molecule has 0 spiro atoms. The SMILES string of the molecule is COC(=O)c1cnc(CN)[nH]1.Cl.Cl. The second-order valence-corrected chi connectivity index (χ2v) is 1.94. The Hall–Kier alpha value is -0.780. The summed E-state index contributed by atoms with van der Waals surface area (Å²) in [5.41, 5.74) is 5.59. The maximum absolute atomic E-state index is 10.8. The first-order valence-corrected chi connectivity index (χ1v) is 3.10. The number of ether oxygens (including phenoxy) is 1. The second kappa shape index (κ2) is 6.71. The van der Waals surface area contributed by atoms with E-state index in [-0.39, 0.29) is 31.4 Å². The van der Waals surface area contributed by atoms with E-state index in [4.69, 9.17) is 5.73 Å². The summed E-state index contributed by atoms with van der Waals surface area (Å²) in [6.07, 6.45) is 1.40. The third-order valence-electron chi connectivity index (χ3n) is 1.23. The van der Waals surface area contributed by atoms with E-state index in [0.717, 1.165) is 0 Å². The van der Waals surface area contributed by atoms with Crippen molar-refractivity contribution in [3.8, 4) is 0 Å². The summed E-state index contributed by atoms with van der Waals surface area (Å²) >= 11 is 0. The van der Waals surface area contributed by atoms with Crippen molar-refractivity contribution in [1.29, 1.82) is 0 Å². The van der Waals surface area contributed by atoms with E-state index in [9.17, 15) is 4.79 Å². The van der Waals surface area contributed by atoms with Gasteiger partial charge >= 0.3 is 5.97 Å². The van der Waals surface area contributed by atoms with Crippen molar-refractivity contribution >= 4 is 30.8 Å². The molecule has 5 nitrogen and oxygen atoms in total. The number of nitrogens with one attached hydrogen (secondary N) is 1. The molecular formula is C6H11Cl2N3O2. The van der Waals surface area contributed by atoms with E-state index in [2.05, 4.69) is 14.7 Å². The van der Waals surface area contributed by atoms with Gasteiger partial charge in [0.25, 0.3) is 0 Å². The van der Waals surface area contributed by atoms with Gasteiger partial charge in [0.2, 0.25) is 0 Å². The number of aromatic amines is 1. The molecule has 1 aromatic rings. The molecule has 1 heterocycles. The van der Waals surface area contributed by atoms with Crippen LogP contribution in [0.2, 0.25) is 0 Å². The van der Waals surface area contributed by atoms with E-state index in [0.29, 0.717) is 11.5 Å². The highest BCUT2D eigenvalue weighted by molar-refractivity contribution is 5.86. The van der Waals surface area contributed by atoms with Gasteiger partial charge in [0.05, 0.1) is 19.9 Å². The molecule has 1 aromatic heterocycles. The van der Waals surface area contributed by atoms with Gasteiger partial charge in [0.15, 0.2) is 0 Å². The lowest BCUT2D eigenvalue weighted by Crippen LogP contribution is -2.03. The lowest BCUT2D eigenvalue weighted by atomic mass is 10.5. The van der Waals surface area contributed by atoms with Crippen molar-refractivity contribution in [2.75, 3.05) is 7.11 Å². The molecule has 0 unspecified atom stereocenters. The topological polar surface area (TPSA) is 81.0 Å². The summed E-state index contributed by atoms with van der Waals surface area (Å²) < 4.78 is 4.44. The Morgan fingerprint density at radius 1 is 1.69 bits per heavy atom. The van der Waals surface area contributed by atoms with Gasteiger partial charge in [0.1, 0.15) is 11.5 Å². The second-order valence-electron chi connectivity index (χ2n) is 1.94.